The zero-order chi connectivity index (χ0) is 12.0. The van der Waals surface area contributed by atoms with Crippen LogP contribution >= 0.6 is 24.4 Å². The number of benzene rings is 1. The van der Waals surface area contributed by atoms with Crippen LogP contribution in [-0.4, -0.2) is 10.3 Å². The van der Waals surface area contributed by atoms with Crippen LogP contribution < -0.4 is 0 Å². The summed E-state index contributed by atoms with van der Waals surface area (Å²) in [5.74, 6) is 0. The molecule has 0 saturated heterocycles. The van der Waals surface area contributed by atoms with Gasteiger partial charge in [-0.3, -0.25) is 0 Å². The molecule has 1 rings (SSSR count). The second kappa shape index (κ2) is 6.41. The van der Waals surface area contributed by atoms with E-state index in [2.05, 4.69) is 64.7 Å². The first kappa shape index (κ1) is 12.9. The summed E-state index contributed by atoms with van der Waals surface area (Å²) in [4.78, 5) is 7.95. The molecular formula is C12H12N2S2. The van der Waals surface area contributed by atoms with Crippen LogP contribution in [0.25, 0.3) is 0 Å². The predicted molar refractivity (Wildman–Crippen MR) is 73.4 cm³/mol. The van der Waals surface area contributed by atoms with Crippen molar-refractivity contribution in [3.63, 3.8) is 0 Å². The lowest BCUT2D eigenvalue weighted by Crippen LogP contribution is -1.98. The van der Waals surface area contributed by atoms with Gasteiger partial charge >= 0.3 is 0 Å². The minimum atomic E-state index is 0.549. The van der Waals surface area contributed by atoms with Crippen LogP contribution in [0.3, 0.4) is 0 Å². The van der Waals surface area contributed by atoms with Crippen molar-refractivity contribution >= 4 is 34.8 Å². The average Bonchev–Trinajstić information content (AvgIpc) is 2.29. The third-order valence-electron chi connectivity index (χ3n) is 2.58. The average molecular weight is 248 g/mol. The number of isothiocyanates is 2. The molecule has 0 spiro atoms. The summed E-state index contributed by atoms with van der Waals surface area (Å²) < 4.78 is 0. The first-order chi connectivity index (χ1) is 7.70. The molecular weight excluding hydrogens is 236 g/mol. The number of rotatable bonds is 4. The SMILES string of the molecule is Cc1ccc(CN=C=S)c(CN=C=S)c1C. The maximum Gasteiger partial charge on any atom is 0.0749 e. The van der Waals surface area contributed by atoms with Crippen molar-refractivity contribution in [2.24, 2.45) is 9.98 Å². The molecule has 0 aliphatic rings. The lowest BCUT2D eigenvalue weighted by Gasteiger charge is -2.10. The Balaban J connectivity index is 3.19. The molecule has 4 heteroatoms. The number of aryl methyl sites for hydroxylation is 1. The smallest absolute Gasteiger partial charge is 0.0749 e. The molecule has 0 radical (unpaired) electrons. The van der Waals surface area contributed by atoms with Gasteiger partial charge < -0.3 is 0 Å². The highest BCUT2D eigenvalue weighted by molar-refractivity contribution is 7.78. The Morgan fingerprint density at radius 3 is 2.31 bits per heavy atom. The van der Waals surface area contributed by atoms with Gasteiger partial charge in [0.1, 0.15) is 0 Å². The van der Waals surface area contributed by atoms with E-state index in [1.807, 2.05) is 6.07 Å². The highest BCUT2D eigenvalue weighted by Gasteiger charge is 2.06. The Labute approximate surface area is 106 Å². The van der Waals surface area contributed by atoms with Crippen molar-refractivity contribution in [1.29, 1.82) is 0 Å². The van der Waals surface area contributed by atoms with Crippen LogP contribution in [0.1, 0.15) is 22.3 Å². The minimum absolute atomic E-state index is 0.549. The van der Waals surface area contributed by atoms with Crippen molar-refractivity contribution in [1.82, 2.24) is 0 Å². The summed E-state index contributed by atoms with van der Waals surface area (Å²) in [6, 6.07) is 4.13. The maximum atomic E-state index is 4.59. The first-order valence-corrected chi connectivity index (χ1v) is 5.67. The van der Waals surface area contributed by atoms with Crippen molar-refractivity contribution in [3.05, 3.63) is 34.4 Å². The van der Waals surface area contributed by atoms with E-state index in [0.29, 0.717) is 13.1 Å². The molecule has 0 aromatic heterocycles. The summed E-state index contributed by atoms with van der Waals surface area (Å²) in [5, 5.41) is 4.76. The Hall–Kier alpha value is -1.18. The number of hydrogen-bond acceptors (Lipinski definition) is 4. The van der Waals surface area contributed by atoms with Crippen LogP contribution in [-0.2, 0) is 13.1 Å². The molecule has 0 saturated carbocycles. The van der Waals surface area contributed by atoms with Gasteiger partial charge in [-0.05, 0) is 60.5 Å². The van der Waals surface area contributed by atoms with E-state index in [4.69, 9.17) is 0 Å². The molecule has 16 heavy (non-hydrogen) atoms. The minimum Gasteiger partial charge on any atom is -0.228 e. The fourth-order valence-electron chi connectivity index (χ4n) is 1.53. The quantitative estimate of drug-likeness (QED) is 0.601. The van der Waals surface area contributed by atoms with Crippen LogP contribution in [0.5, 0.6) is 0 Å². The van der Waals surface area contributed by atoms with Crippen LogP contribution in [0.2, 0.25) is 0 Å². The zero-order valence-corrected chi connectivity index (χ0v) is 10.9. The van der Waals surface area contributed by atoms with E-state index in [0.717, 1.165) is 11.1 Å². The van der Waals surface area contributed by atoms with Gasteiger partial charge in [0.15, 0.2) is 0 Å². The highest BCUT2D eigenvalue weighted by atomic mass is 32.1. The third kappa shape index (κ3) is 3.16. The number of nitrogens with zero attached hydrogens (tertiary/aromatic N) is 2. The predicted octanol–water partition coefficient (Wildman–Crippen LogP) is 3.51. The fraction of sp³-hybridized carbons (Fsp3) is 0.333. The van der Waals surface area contributed by atoms with Crippen LogP contribution in [0, 0.1) is 13.8 Å². The number of aliphatic imine (C=N–C) groups is 2. The maximum absolute atomic E-state index is 4.59. The van der Waals surface area contributed by atoms with Crippen molar-refractivity contribution < 1.29 is 0 Å². The molecule has 1 aromatic carbocycles. The lowest BCUT2D eigenvalue weighted by atomic mass is 9.97. The molecule has 0 fully saturated rings. The van der Waals surface area contributed by atoms with Gasteiger partial charge in [0, 0.05) is 0 Å². The topological polar surface area (TPSA) is 24.7 Å². The Bertz CT molecular complexity index is 482. The molecule has 0 heterocycles. The van der Waals surface area contributed by atoms with Gasteiger partial charge in [-0.15, -0.1) is 0 Å². The molecule has 1 aromatic rings. The molecule has 0 aliphatic carbocycles. The summed E-state index contributed by atoms with van der Waals surface area (Å²) >= 11 is 9.16. The Morgan fingerprint density at radius 1 is 1.06 bits per heavy atom. The Morgan fingerprint density at radius 2 is 1.69 bits per heavy atom. The van der Waals surface area contributed by atoms with Gasteiger partial charge in [0.2, 0.25) is 0 Å². The largest absolute Gasteiger partial charge is 0.228 e. The molecule has 2 nitrogen and oxygen atoms in total. The van der Waals surface area contributed by atoms with E-state index in [1.54, 1.807) is 0 Å². The molecule has 0 bridgehead atoms. The van der Waals surface area contributed by atoms with E-state index >= 15 is 0 Å². The Kier molecular flexibility index (Phi) is 5.17. The van der Waals surface area contributed by atoms with Gasteiger partial charge in [-0.25, -0.2) is 9.98 Å². The summed E-state index contributed by atoms with van der Waals surface area (Å²) in [7, 11) is 0. The van der Waals surface area contributed by atoms with Crippen LogP contribution in [0.15, 0.2) is 22.1 Å². The monoisotopic (exact) mass is 248 g/mol. The molecule has 0 unspecified atom stereocenters. The first-order valence-electron chi connectivity index (χ1n) is 4.86. The van der Waals surface area contributed by atoms with Crippen LogP contribution in [0.4, 0.5) is 0 Å². The van der Waals surface area contributed by atoms with Gasteiger partial charge in [-0.1, -0.05) is 12.1 Å². The molecule has 0 amide bonds. The second-order valence-electron chi connectivity index (χ2n) is 3.46. The molecule has 0 N–H and O–H groups in total. The molecule has 0 aliphatic heterocycles. The second-order valence-corrected chi connectivity index (χ2v) is 3.83. The summed E-state index contributed by atoms with van der Waals surface area (Å²) in [5.41, 5.74) is 4.75. The summed E-state index contributed by atoms with van der Waals surface area (Å²) in [6.07, 6.45) is 0. The normalized spacial score (nSPS) is 9.12. The standard InChI is InChI=1S/C12H12N2S2/c1-9-3-4-11(5-13-7-15)12(10(9)2)6-14-8-16/h3-4H,5-6H2,1-2H3. The summed E-state index contributed by atoms with van der Waals surface area (Å²) in [6.45, 7) is 5.26. The van der Waals surface area contributed by atoms with Crippen molar-refractivity contribution in [3.8, 4) is 0 Å². The van der Waals surface area contributed by atoms with Gasteiger partial charge in [0.05, 0.1) is 23.4 Å². The molecule has 82 valence electrons. The third-order valence-corrected chi connectivity index (χ3v) is 2.84. The number of thiocarbonyl (C=S) groups is 2. The fourth-order valence-corrected chi connectivity index (χ4v) is 1.66. The van der Waals surface area contributed by atoms with E-state index in [-0.39, 0.29) is 0 Å². The van der Waals surface area contributed by atoms with E-state index < -0.39 is 0 Å². The molecule has 0 atom stereocenters. The van der Waals surface area contributed by atoms with Crippen molar-refractivity contribution in [2.75, 3.05) is 0 Å². The zero-order valence-electron chi connectivity index (χ0n) is 9.28. The lowest BCUT2D eigenvalue weighted by molar-refractivity contribution is 0.968. The van der Waals surface area contributed by atoms with E-state index in [1.165, 1.54) is 11.1 Å². The highest BCUT2D eigenvalue weighted by Crippen LogP contribution is 2.20. The van der Waals surface area contributed by atoms with Gasteiger partial charge in [0.25, 0.3) is 0 Å². The number of hydrogen-bond donors (Lipinski definition) is 0. The van der Waals surface area contributed by atoms with E-state index in [9.17, 15) is 0 Å². The van der Waals surface area contributed by atoms with Gasteiger partial charge in [-0.2, -0.15) is 0 Å². The van der Waals surface area contributed by atoms with Crippen molar-refractivity contribution in [2.45, 2.75) is 26.9 Å².